The fraction of sp³-hybridized carbons (Fsp3) is 0.300. The van der Waals surface area contributed by atoms with Crippen LogP contribution < -0.4 is 10.1 Å². The van der Waals surface area contributed by atoms with E-state index in [2.05, 4.69) is 10.3 Å². The maximum atomic E-state index is 13.8. The van der Waals surface area contributed by atoms with Gasteiger partial charge in [0, 0.05) is 31.6 Å². The molecule has 0 aliphatic carbocycles. The number of nitrogens with one attached hydrogen (secondary N) is 1. The monoisotopic (exact) mass is 439 g/mol. The first kappa shape index (κ1) is 20.4. The minimum atomic E-state index is -4.47. The molecule has 0 unspecified atom stereocenters. The molecule has 1 N–H and O–H groups in total. The fourth-order valence-corrected chi connectivity index (χ4v) is 4.14. The zero-order chi connectivity index (χ0) is 21.3. The Morgan fingerprint density at radius 1 is 1.17 bits per heavy atom. The third kappa shape index (κ3) is 4.48. The van der Waals surface area contributed by atoms with E-state index in [1.807, 2.05) is 0 Å². The van der Waals surface area contributed by atoms with Gasteiger partial charge in [-0.15, -0.1) is 0 Å². The maximum absolute atomic E-state index is 13.8. The van der Waals surface area contributed by atoms with E-state index in [1.54, 1.807) is 12.1 Å². The summed E-state index contributed by atoms with van der Waals surface area (Å²) >= 11 is 1.26. The second-order valence-corrected chi connectivity index (χ2v) is 7.87. The molecule has 0 atom stereocenters. The molecule has 4 rings (SSSR count). The van der Waals surface area contributed by atoms with Crippen molar-refractivity contribution in [3.8, 4) is 5.19 Å². The normalized spacial score (nSPS) is 15.4. The molecule has 0 radical (unpaired) electrons. The number of fused-ring (bicyclic) bond motifs is 1. The lowest BCUT2D eigenvalue weighted by molar-refractivity contribution is -0.137. The summed E-state index contributed by atoms with van der Waals surface area (Å²) in [6.07, 6.45) is -3.57. The van der Waals surface area contributed by atoms with Crippen molar-refractivity contribution in [1.29, 1.82) is 0 Å². The number of halogens is 4. The summed E-state index contributed by atoms with van der Waals surface area (Å²) in [4.78, 5) is 18.1. The molecule has 5 nitrogen and oxygen atoms in total. The van der Waals surface area contributed by atoms with Gasteiger partial charge in [0.2, 0.25) is 0 Å². The van der Waals surface area contributed by atoms with E-state index in [0.29, 0.717) is 35.8 Å². The first-order valence-corrected chi connectivity index (χ1v) is 10.1. The number of aromatic nitrogens is 1. The molecule has 10 heteroatoms. The lowest BCUT2D eigenvalue weighted by Gasteiger charge is -2.31. The molecule has 158 valence electrons. The molecule has 30 heavy (non-hydrogen) atoms. The Labute approximate surface area is 173 Å². The SMILES string of the molecule is O=C(Nc1cccc(C(F)(F)F)c1)N1CCC(Oc2nc3c(F)cccc3s2)CC1. The highest BCUT2D eigenvalue weighted by molar-refractivity contribution is 7.20. The summed E-state index contributed by atoms with van der Waals surface area (Å²) < 4.78 is 58.7. The van der Waals surface area contributed by atoms with Crippen LogP contribution in [0.25, 0.3) is 10.2 Å². The molecule has 0 bridgehead atoms. The predicted molar refractivity (Wildman–Crippen MR) is 105 cm³/mol. The van der Waals surface area contributed by atoms with E-state index in [-0.39, 0.29) is 17.3 Å². The summed E-state index contributed by atoms with van der Waals surface area (Å²) in [6.45, 7) is 0.767. The number of piperidine rings is 1. The topological polar surface area (TPSA) is 54.5 Å². The van der Waals surface area contributed by atoms with E-state index in [4.69, 9.17) is 4.74 Å². The summed E-state index contributed by atoms with van der Waals surface area (Å²) in [6, 6.07) is 8.77. The molecule has 1 saturated heterocycles. The highest BCUT2D eigenvalue weighted by Crippen LogP contribution is 2.32. The summed E-state index contributed by atoms with van der Waals surface area (Å²) in [5, 5.41) is 2.88. The Bertz CT molecular complexity index is 1060. The van der Waals surface area contributed by atoms with E-state index < -0.39 is 23.6 Å². The number of carbonyl (C=O) groups excluding carboxylic acids is 1. The molecular weight excluding hydrogens is 422 g/mol. The van der Waals surface area contributed by atoms with Crippen molar-refractivity contribution in [2.75, 3.05) is 18.4 Å². The lowest BCUT2D eigenvalue weighted by atomic mass is 10.1. The zero-order valence-electron chi connectivity index (χ0n) is 15.6. The quantitative estimate of drug-likeness (QED) is 0.546. The maximum Gasteiger partial charge on any atom is 0.416 e. The first-order chi connectivity index (χ1) is 14.3. The Balaban J connectivity index is 1.32. The largest absolute Gasteiger partial charge is 0.467 e. The summed E-state index contributed by atoms with van der Waals surface area (Å²) in [5.41, 5.74) is -0.459. The second-order valence-electron chi connectivity index (χ2n) is 6.88. The number of alkyl halides is 3. The number of hydrogen-bond acceptors (Lipinski definition) is 4. The van der Waals surface area contributed by atoms with Gasteiger partial charge in [-0.25, -0.2) is 9.18 Å². The van der Waals surface area contributed by atoms with Gasteiger partial charge in [-0.2, -0.15) is 18.2 Å². The number of anilines is 1. The van der Waals surface area contributed by atoms with Gasteiger partial charge >= 0.3 is 12.2 Å². The first-order valence-electron chi connectivity index (χ1n) is 9.24. The smallest absolute Gasteiger partial charge is 0.416 e. The van der Waals surface area contributed by atoms with Crippen LogP contribution in [0.4, 0.5) is 28.0 Å². The van der Waals surface area contributed by atoms with Crippen molar-refractivity contribution in [3.63, 3.8) is 0 Å². The van der Waals surface area contributed by atoms with Gasteiger partial charge in [0.25, 0.3) is 5.19 Å². The van der Waals surface area contributed by atoms with Crippen molar-refractivity contribution in [2.45, 2.75) is 25.1 Å². The van der Waals surface area contributed by atoms with Crippen LogP contribution in [-0.4, -0.2) is 35.1 Å². The molecule has 2 heterocycles. The van der Waals surface area contributed by atoms with E-state index >= 15 is 0 Å². The molecule has 1 aliphatic rings. The minimum absolute atomic E-state index is 0.0877. The number of likely N-dealkylation sites (tertiary alicyclic amines) is 1. The summed E-state index contributed by atoms with van der Waals surface area (Å²) in [7, 11) is 0. The number of benzene rings is 2. The van der Waals surface area contributed by atoms with Crippen LogP contribution in [0.1, 0.15) is 18.4 Å². The highest BCUT2D eigenvalue weighted by Gasteiger charge is 2.31. The zero-order valence-corrected chi connectivity index (χ0v) is 16.4. The van der Waals surface area contributed by atoms with Gasteiger partial charge < -0.3 is 15.0 Å². The van der Waals surface area contributed by atoms with Gasteiger partial charge in [-0.05, 0) is 30.3 Å². The molecule has 2 aromatic carbocycles. The second kappa shape index (κ2) is 8.10. The van der Waals surface area contributed by atoms with Crippen LogP contribution in [0.3, 0.4) is 0 Å². The lowest BCUT2D eigenvalue weighted by Crippen LogP contribution is -2.43. The predicted octanol–water partition coefficient (Wildman–Crippen LogP) is 5.53. The number of carbonyl (C=O) groups is 1. The molecule has 0 saturated carbocycles. The van der Waals surface area contributed by atoms with E-state index in [9.17, 15) is 22.4 Å². The van der Waals surface area contributed by atoms with Crippen molar-refractivity contribution in [2.24, 2.45) is 0 Å². The number of urea groups is 1. The number of thiazole rings is 1. The number of ether oxygens (including phenoxy) is 1. The van der Waals surface area contributed by atoms with Gasteiger partial charge in [-0.1, -0.05) is 23.5 Å². The van der Waals surface area contributed by atoms with Gasteiger partial charge in [-0.3, -0.25) is 0 Å². The van der Waals surface area contributed by atoms with Crippen LogP contribution in [0.15, 0.2) is 42.5 Å². The van der Waals surface area contributed by atoms with Crippen molar-refractivity contribution in [3.05, 3.63) is 53.8 Å². The van der Waals surface area contributed by atoms with E-state index in [0.717, 1.165) is 12.1 Å². The Hall–Kier alpha value is -2.88. The Morgan fingerprint density at radius 3 is 2.60 bits per heavy atom. The standard InChI is InChI=1S/C20H17F4N3O2S/c21-15-5-2-6-16-17(15)26-19(30-16)29-14-7-9-27(10-8-14)18(28)25-13-4-1-3-12(11-13)20(22,23)24/h1-6,11,14H,7-10H2,(H,25,28). The van der Waals surface area contributed by atoms with E-state index in [1.165, 1.54) is 34.4 Å². The van der Waals surface area contributed by atoms with Crippen LogP contribution in [0, 0.1) is 5.82 Å². The average molecular weight is 439 g/mol. The van der Waals surface area contributed by atoms with Crippen molar-refractivity contribution in [1.82, 2.24) is 9.88 Å². The number of rotatable bonds is 3. The number of para-hydroxylation sites is 1. The Kier molecular flexibility index (Phi) is 5.50. The summed E-state index contributed by atoms with van der Waals surface area (Å²) in [5.74, 6) is -0.403. The highest BCUT2D eigenvalue weighted by atomic mass is 32.1. The Morgan fingerprint density at radius 2 is 1.90 bits per heavy atom. The third-order valence-electron chi connectivity index (χ3n) is 4.79. The number of nitrogens with zero attached hydrogens (tertiary/aromatic N) is 2. The molecule has 1 fully saturated rings. The van der Waals surface area contributed by atoms with Crippen molar-refractivity contribution >= 4 is 33.3 Å². The van der Waals surface area contributed by atoms with Crippen LogP contribution >= 0.6 is 11.3 Å². The number of amides is 2. The minimum Gasteiger partial charge on any atom is -0.467 e. The van der Waals surface area contributed by atoms with Crippen LogP contribution in [-0.2, 0) is 6.18 Å². The fourth-order valence-electron chi connectivity index (χ4n) is 3.24. The van der Waals surface area contributed by atoms with Crippen LogP contribution in [0.5, 0.6) is 5.19 Å². The third-order valence-corrected chi connectivity index (χ3v) is 5.70. The van der Waals surface area contributed by atoms with Crippen LogP contribution in [0.2, 0.25) is 0 Å². The van der Waals surface area contributed by atoms with Gasteiger partial charge in [0.1, 0.15) is 17.4 Å². The van der Waals surface area contributed by atoms with Crippen molar-refractivity contribution < 1.29 is 27.1 Å². The molecule has 2 amide bonds. The molecule has 1 aromatic heterocycles. The molecular formula is C20H17F4N3O2S. The molecule has 1 aliphatic heterocycles. The van der Waals surface area contributed by atoms with Gasteiger partial charge in [0.15, 0.2) is 0 Å². The van der Waals surface area contributed by atoms with Gasteiger partial charge in [0.05, 0.1) is 10.3 Å². The molecule has 3 aromatic rings. The number of hydrogen-bond donors (Lipinski definition) is 1. The average Bonchev–Trinajstić information content (AvgIpc) is 3.12. The molecule has 0 spiro atoms.